The number of amides is 2. The van der Waals surface area contributed by atoms with E-state index in [1.165, 1.54) is 4.90 Å². The first-order chi connectivity index (χ1) is 9.27. The van der Waals surface area contributed by atoms with E-state index in [9.17, 15) is 9.59 Å². The largest absolute Gasteiger partial charge is 0.393 e. The van der Waals surface area contributed by atoms with Crippen LogP contribution in [0.3, 0.4) is 0 Å². The van der Waals surface area contributed by atoms with E-state index in [1.807, 2.05) is 11.8 Å². The summed E-state index contributed by atoms with van der Waals surface area (Å²) >= 11 is 4.79. The monoisotopic (exact) mass is 302 g/mol. The van der Waals surface area contributed by atoms with Crippen molar-refractivity contribution in [3.63, 3.8) is 0 Å². The topological polar surface area (TPSA) is 69.9 Å². The number of likely N-dealkylation sites (N-methyl/N-ethyl adjacent to an activating group) is 2. The molecule has 20 heavy (non-hydrogen) atoms. The van der Waals surface area contributed by atoms with Crippen molar-refractivity contribution in [2.24, 2.45) is 5.73 Å². The number of rotatable bonds is 9. The quantitative estimate of drug-likeness (QED) is 0.603. The van der Waals surface area contributed by atoms with Gasteiger partial charge in [0, 0.05) is 34.1 Å². The summed E-state index contributed by atoms with van der Waals surface area (Å²) in [6, 6.07) is 0. The van der Waals surface area contributed by atoms with Gasteiger partial charge in [-0.15, -0.1) is 0 Å². The second kappa shape index (κ2) is 9.66. The van der Waals surface area contributed by atoms with Crippen LogP contribution in [0.15, 0.2) is 0 Å². The summed E-state index contributed by atoms with van der Waals surface area (Å²) in [5.41, 5.74) is 5.42. The van der Waals surface area contributed by atoms with Crippen LogP contribution in [0.4, 0.5) is 0 Å². The number of hydrogen-bond acceptors (Lipinski definition) is 4. The SMILES string of the molecule is CCCN(CC(=O)N(C)C)CC(=O)N(C)CCC(N)=S. The molecule has 7 heteroatoms. The van der Waals surface area contributed by atoms with Crippen LogP contribution in [0.25, 0.3) is 0 Å². The van der Waals surface area contributed by atoms with Gasteiger partial charge in [0.2, 0.25) is 11.8 Å². The minimum absolute atomic E-state index is 0.00274. The highest BCUT2D eigenvalue weighted by Crippen LogP contribution is 1.97. The standard InChI is InChI=1S/C13H26N4O2S/c1-5-7-17(9-12(18)15(2)3)10-13(19)16(4)8-6-11(14)20/h5-10H2,1-4H3,(H2,14,20). The number of thiocarbonyl (C=S) groups is 1. The molecule has 0 saturated carbocycles. The number of nitrogens with two attached hydrogens (primary N) is 1. The fourth-order valence-corrected chi connectivity index (χ4v) is 1.67. The van der Waals surface area contributed by atoms with E-state index in [0.29, 0.717) is 24.5 Å². The van der Waals surface area contributed by atoms with Crippen LogP contribution in [-0.4, -0.2) is 78.8 Å². The van der Waals surface area contributed by atoms with Gasteiger partial charge in [0.05, 0.1) is 18.1 Å². The van der Waals surface area contributed by atoms with E-state index < -0.39 is 0 Å². The van der Waals surface area contributed by atoms with Crippen LogP contribution in [0.1, 0.15) is 19.8 Å². The Bertz CT molecular complexity index is 347. The maximum Gasteiger partial charge on any atom is 0.236 e. The molecule has 0 bridgehead atoms. The number of carbonyl (C=O) groups is 2. The lowest BCUT2D eigenvalue weighted by Gasteiger charge is -2.25. The van der Waals surface area contributed by atoms with Gasteiger partial charge in [-0.3, -0.25) is 14.5 Å². The van der Waals surface area contributed by atoms with Crippen LogP contribution in [-0.2, 0) is 9.59 Å². The van der Waals surface area contributed by atoms with Crippen molar-refractivity contribution < 1.29 is 9.59 Å². The van der Waals surface area contributed by atoms with Crippen LogP contribution in [0.2, 0.25) is 0 Å². The molecule has 0 atom stereocenters. The average molecular weight is 302 g/mol. The summed E-state index contributed by atoms with van der Waals surface area (Å²) in [6.07, 6.45) is 1.41. The lowest BCUT2D eigenvalue weighted by atomic mass is 10.3. The predicted molar refractivity (Wildman–Crippen MR) is 84.5 cm³/mol. The molecular formula is C13H26N4O2S. The van der Waals surface area contributed by atoms with Gasteiger partial charge >= 0.3 is 0 Å². The van der Waals surface area contributed by atoms with Crippen LogP contribution in [0.5, 0.6) is 0 Å². The lowest BCUT2D eigenvalue weighted by molar-refractivity contribution is -0.133. The van der Waals surface area contributed by atoms with Gasteiger partial charge in [0.1, 0.15) is 0 Å². The smallest absolute Gasteiger partial charge is 0.236 e. The first kappa shape index (κ1) is 18.8. The second-order valence-corrected chi connectivity index (χ2v) is 5.55. The molecule has 0 unspecified atom stereocenters. The summed E-state index contributed by atoms with van der Waals surface area (Å²) in [4.78, 5) is 29.2. The number of nitrogens with zero attached hydrogens (tertiary/aromatic N) is 3. The Morgan fingerprint density at radius 1 is 1.05 bits per heavy atom. The average Bonchev–Trinajstić information content (AvgIpc) is 2.35. The summed E-state index contributed by atoms with van der Waals surface area (Å²) in [5, 5.41) is 0. The fourth-order valence-electron chi connectivity index (χ4n) is 1.58. The van der Waals surface area contributed by atoms with Crippen molar-refractivity contribution in [1.82, 2.24) is 14.7 Å². The van der Waals surface area contributed by atoms with E-state index in [4.69, 9.17) is 18.0 Å². The molecule has 0 aromatic rings. The first-order valence-corrected chi connectivity index (χ1v) is 7.13. The van der Waals surface area contributed by atoms with E-state index in [1.54, 1.807) is 26.0 Å². The normalized spacial score (nSPS) is 10.4. The van der Waals surface area contributed by atoms with Crippen LogP contribution < -0.4 is 5.73 Å². The molecule has 2 N–H and O–H groups in total. The van der Waals surface area contributed by atoms with Crippen molar-refractivity contribution in [3.05, 3.63) is 0 Å². The Morgan fingerprint density at radius 3 is 2.05 bits per heavy atom. The molecule has 0 aliphatic carbocycles. The molecule has 0 saturated heterocycles. The molecule has 0 aromatic heterocycles. The fraction of sp³-hybridized carbons (Fsp3) is 0.769. The molecule has 0 aliphatic rings. The Labute approximate surface area is 126 Å². The highest BCUT2D eigenvalue weighted by atomic mass is 32.1. The molecule has 2 amide bonds. The summed E-state index contributed by atoms with van der Waals surface area (Å²) in [7, 11) is 5.14. The Balaban J connectivity index is 4.38. The second-order valence-electron chi connectivity index (χ2n) is 5.03. The van der Waals surface area contributed by atoms with E-state index >= 15 is 0 Å². The first-order valence-electron chi connectivity index (χ1n) is 6.72. The minimum atomic E-state index is -0.0266. The van der Waals surface area contributed by atoms with Crippen molar-refractivity contribution in [2.75, 3.05) is 47.3 Å². The van der Waals surface area contributed by atoms with Gasteiger partial charge in [-0.25, -0.2) is 0 Å². The van der Waals surface area contributed by atoms with Crippen molar-refractivity contribution in [2.45, 2.75) is 19.8 Å². The highest BCUT2D eigenvalue weighted by Gasteiger charge is 2.17. The van der Waals surface area contributed by atoms with Gasteiger partial charge in [0.15, 0.2) is 0 Å². The molecule has 0 spiro atoms. The van der Waals surface area contributed by atoms with Gasteiger partial charge in [-0.05, 0) is 13.0 Å². The van der Waals surface area contributed by atoms with Crippen molar-refractivity contribution in [1.29, 1.82) is 0 Å². The third-order valence-corrected chi connectivity index (χ3v) is 3.08. The minimum Gasteiger partial charge on any atom is -0.393 e. The number of hydrogen-bond donors (Lipinski definition) is 1. The zero-order valence-electron chi connectivity index (χ0n) is 12.9. The zero-order chi connectivity index (χ0) is 15.7. The molecule has 116 valence electrons. The third kappa shape index (κ3) is 8.06. The maximum absolute atomic E-state index is 12.1. The van der Waals surface area contributed by atoms with Gasteiger partial charge in [0.25, 0.3) is 0 Å². The molecule has 0 aliphatic heterocycles. The van der Waals surface area contributed by atoms with Gasteiger partial charge < -0.3 is 15.5 Å². The molecule has 0 fully saturated rings. The predicted octanol–water partition coefficient (Wildman–Crippen LogP) is -0.0788. The molecule has 0 heterocycles. The summed E-state index contributed by atoms with van der Waals surface area (Å²) in [6.45, 7) is 3.75. The van der Waals surface area contributed by atoms with Crippen molar-refractivity contribution in [3.8, 4) is 0 Å². The van der Waals surface area contributed by atoms with E-state index in [0.717, 1.165) is 6.42 Å². The molecular weight excluding hydrogens is 276 g/mol. The Morgan fingerprint density at radius 2 is 1.60 bits per heavy atom. The molecule has 0 aromatic carbocycles. The Kier molecular flexibility index (Phi) is 9.07. The van der Waals surface area contributed by atoms with Gasteiger partial charge in [-0.1, -0.05) is 19.1 Å². The van der Waals surface area contributed by atoms with Crippen LogP contribution in [0, 0.1) is 0 Å². The van der Waals surface area contributed by atoms with E-state index in [-0.39, 0.29) is 24.9 Å². The summed E-state index contributed by atoms with van der Waals surface area (Å²) in [5.74, 6) is -0.0294. The third-order valence-electron chi connectivity index (χ3n) is 2.88. The van der Waals surface area contributed by atoms with Crippen molar-refractivity contribution >= 4 is 29.0 Å². The van der Waals surface area contributed by atoms with E-state index in [2.05, 4.69) is 0 Å². The van der Waals surface area contributed by atoms with Gasteiger partial charge in [-0.2, -0.15) is 0 Å². The maximum atomic E-state index is 12.1. The molecule has 6 nitrogen and oxygen atoms in total. The van der Waals surface area contributed by atoms with Crippen LogP contribution >= 0.6 is 12.2 Å². The molecule has 0 radical (unpaired) electrons. The zero-order valence-corrected chi connectivity index (χ0v) is 13.7. The Hall–Kier alpha value is -1.21. The highest BCUT2D eigenvalue weighted by molar-refractivity contribution is 7.80. The molecule has 0 rings (SSSR count). The number of carbonyl (C=O) groups excluding carboxylic acids is 2. The lowest BCUT2D eigenvalue weighted by Crippen LogP contribution is -2.43. The summed E-state index contributed by atoms with van der Waals surface area (Å²) < 4.78 is 0.